The zero-order chi connectivity index (χ0) is 10.8. The number of nitrogens with one attached hydrogen (secondary N) is 1. The molecule has 4 heteroatoms. The van der Waals surface area contributed by atoms with E-state index in [2.05, 4.69) is 16.9 Å². The minimum atomic E-state index is -0.932. The van der Waals surface area contributed by atoms with Gasteiger partial charge in [-0.2, -0.15) is 0 Å². The van der Waals surface area contributed by atoms with Crippen molar-refractivity contribution in [3.05, 3.63) is 17.7 Å². The second kappa shape index (κ2) is 4.04. The molecule has 1 aliphatic rings. The summed E-state index contributed by atoms with van der Waals surface area (Å²) in [5.41, 5.74) is 0.199. The molecule has 1 saturated carbocycles. The third-order valence-electron chi connectivity index (χ3n) is 3.33. The predicted octanol–water partition coefficient (Wildman–Crippen LogP) is 2.40. The normalized spacial score (nSPS) is 25.7. The molecule has 15 heavy (non-hydrogen) atoms. The first-order valence-electron chi connectivity index (χ1n) is 5.49. The van der Waals surface area contributed by atoms with Crippen LogP contribution in [0.2, 0.25) is 0 Å². The van der Waals surface area contributed by atoms with Crippen molar-refractivity contribution in [2.24, 2.45) is 5.92 Å². The van der Waals surface area contributed by atoms with Crippen LogP contribution >= 0.6 is 0 Å². The fourth-order valence-electron chi connectivity index (χ4n) is 2.35. The number of carboxylic acid groups (broad SMARTS) is 1. The fourth-order valence-corrected chi connectivity index (χ4v) is 2.35. The van der Waals surface area contributed by atoms with Crippen molar-refractivity contribution in [3.63, 3.8) is 0 Å². The van der Waals surface area contributed by atoms with E-state index in [-0.39, 0.29) is 5.69 Å². The minimum absolute atomic E-state index is 0.199. The third kappa shape index (κ3) is 2.03. The SMILES string of the molecule is CCC1CCC(c2ncc(C(=O)O)[nH]2)C1. The highest BCUT2D eigenvalue weighted by Crippen LogP contribution is 2.38. The van der Waals surface area contributed by atoms with E-state index in [4.69, 9.17) is 5.11 Å². The van der Waals surface area contributed by atoms with Crippen LogP contribution in [0.3, 0.4) is 0 Å². The number of aromatic nitrogens is 2. The standard InChI is InChI=1S/C11H16N2O2/c1-2-7-3-4-8(5-7)10-12-6-9(13-10)11(14)15/h6-8H,2-5H2,1H3,(H,12,13)(H,14,15). The van der Waals surface area contributed by atoms with Crippen molar-refractivity contribution in [2.45, 2.75) is 38.5 Å². The van der Waals surface area contributed by atoms with Gasteiger partial charge in [-0.25, -0.2) is 9.78 Å². The minimum Gasteiger partial charge on any atom is -0.477 e. The molecule has 0 aliphatic heterocycles. The number of H-pyrrole nitrogens is 1. The van der Waals surface area contributed by atoms with Crippen LogP contribution in [0.1, 0.15) is 54.8 Å². The summed E-state index contributed by atoms with van der Waals surface area (Å²) in [6.07, 6.45) is 6.14. The summed E-state index contributed by atoms with van der Waals surface area (Å²) in [6.45, 7) is 2.21. The van der Waals surface area contributed by atoms with Crippen LogP contribution in [0.5, 0.6) is 0 Å². The van der Waals surface area contributed by atoms with Crippen molar-refractivity contribution >= 4 is 5.97 Å². The van der Waals surface area contributed by atoms with Crippen molar-refractivity contribution in [3.8, 4) is 0 Å². The first kappa shape index (κ1) is 10.2. The molecule has 2 unspecified atom stereocenters. The van der Waals surface area contributed by atoms with Gasteiger partial charge in [-0.05, 0) is 25.2 Å². The van der Waals surface area contributed by atoms with Gasteiger partial charge in [-0.1, -0.05) is 13.3 Å². The van der Waals surface area contributed by atoms with Crippen LogP contribution in [0.15, 0.2) is 6.20 Å². The molecule has 0 saturated heterocycles. The maximum Gasteiger partial charge on any atom is 0.353 e. The molecule has 2 atom stereocenters. The van der Waals surface area contributed by atoms with Crippen LogP contribution < -0.4 is 0 Å². The van der Waals surface area contributed by atoms with Gasteiger partial charge in [0.05, 0.1) is 6.20 Å². The van der Waals surface area contributed by atoms with Gasteiger partial charge in [0.2, 0.25) is 0 Å². The Labute approximate surface area is 88.7 Å². The molecule has 0 spiro atoms. The molecule has 2 rings (SSSR count). The Balaban J connectivity index is 2.07. The van der Waals surface area contributed by atoms with E-state index in [9.17, 15) is 4.79 Å². The predicted molar refractivity (Wildman–Crippen MR) is 55.9 cm³/mol. The van der Waals surface area contributed by atoms with Crippen LogP contribution in [0, 0.1) is 5.92 Å². The Kier molecular flexibility index (Phi) is 2.75. The molecule has 1 aliphatic carbocycles. The molecule has 2 N–H and O–H groups in total. The second-order valence-corrected chi connectivity index (χ2v) is 4.27. The first-order valence-corrected chi connectivity index (χ1v) is 5.49. The van der Waals surface area contributed by atoms with E-state index < -0.39 is 5.97 Å². The Morgan fingerprint density at radius 3 is 3.00 bits per heavy atom. The molecule has 0 amide bonds. The van der Waals surface area contributed by atoms with E-state index in [0.29, 0.717) is 5.92 Å². The number of carboxylic acids is 1. The molecule has 1 aromatic rings. The number of imidazole rings is 1. The molecule has 0 bridgehead atoms. The lowest BCUT2D eigenvalue weighted by Gasteiger charge is -2.06. The highest BCUT2D eigenvalue weighted by atomic mass is 16.4. The molecule has 1 aromatic heterocycles. The number of hydrogen-bond acceptors (Lipinski definition) is 2. The number of nitrogens with zero attached hydrogens (tertiary/aromatic N) is 1. The Hall–Kier alpha value is -1.32. The molecular formula is C11H16N2O2. The van der Waals surface area contributed by atoms with Gasteiger partial charge in [0.15, 0.2) is 0 Å². The lowest BCUT2D eigenvalue weighted by molar-refractivity contribution is 0.0691. The third-order valence-corrected chi connectivity index (χ3v) is 3.33. The Morgan fingerprint density at radius 2 is 2.47 bits per heavy atom. The maximum atomic E-state index is 10.7. The van der Waals surface area contributed by atoms with E-state index in [0.717, 1.165) is 24.6 Å². The lowest BCUT2D eigenvalue weighted by Crippen LogP contribution is -2.00. The fraction of sp³-hybridized carbons (Fsp3) is 0.636. The number of aromatic amines is 1. The molecule has 82 valence electrons. The number of aromatic carboxylic acids is 1. The van der Waals surface area contributed by atoms with Crippen molar-refractivity contribution < 1.29 is 9.90 Å². The van der Waals surface area contributed by atoms with Crippen LogP contribution in [0.25, 0.3) is 0 Å². The van der Waals surface area contributed by atoms with Gasteiger partial charge in [0.25, 0.3) is 0 Å². The van der Waals surface area contributed by atoms with Crippen molar-refractivity contribution in [2.75, 3.05) is 0 Å². The summed E-state index contributed by atoms with van der Waals surface area (Å²) in [4.78, 5) is 17.7. The van der Waals surface area contributed by atoms with Crippen molar-refractivity contribution in [1.82, 2.24) is 9.97 Å². The van der Waals surface area contributed by atoms with E-state index >= 15 is 0 Å². The lowest BCUT2D eigenvalue weighted by atomic mass is 10.0. The average Bonchev–Trinajstić information content (AvgIpc) is 2.86. The Morgan fingerprint density at radius 1 is 1.67 bits per heavy atom. The zero-order valence-corrected chi connectivity index (χ0v) is 8.86. The molecule has 4 nitrogen and oxygen atoms in total. The maximum absolute atomic E-state index is 10.7. The first-order chi connectivity index (χ1) is 7.20. The number of rotatable bonds is 3. The van der Waals surface area contributed by atoms with E-state index in [1.165, 1.54) is 19.0 Å². The largest absolute Gasteiger partial charge is 0.477 e. The monoisotopic (exact) mass is 208 g/mol. The average molecular weight is 208 g/mol. The summed E-state index contributed by atoms with van der Waals surface area (Å²) < 4.78 is 0. The quantitative estimate of drug-likeness (QED) is 0.801. The summed E-state index contributed by atoms with van der Waals surface area (Å²) in [6, 6.07) is 0. The smallest absolute Gasteiger partial charge is 0.353 e. The summed E-state index contributed by atoms with van der Waals surface area (Å²) in [5.74, 6) is 1.14. The van der Waals surface area contributed by atoms with E-state index in [1.54, 1.807) is 0 Å². The molecular weight excluding hydrogens is 192 g/mol. The highest BCUT2D eigenvalue weighted by molar-refractivity contribution is 5.85. The van der Waals surface area contributed by atoms with Crippen LogP contribution in [-0.2, 0) is 0 Å². The summed E-state index contributed by atoms with van der Waals surface area (Å²) >= 11 is 0. The van der Waals surface area contributed by atoms with Crippen LogP contribution in [-0.4, -0.2) is 21.0 Å². The zero-order valence-electron chi connectivity index (χ0n) is 8.86. The van der Waals surface area contributed by atoms with Gasteiger partial charge in [-0.15, -0.1) is 0 Å². The molecule has 0 radical (unpaired) electrons. The molecule has 0 aromatic carbocycles. The van der Waals surface area contributed by atoms with Gasteiger partial charge < -0.3 is 10.1 Å². The second-order valence-electron chi connectivity index (χ2n) is 4.27. The van der Waals surface area contributed by atoms with Gasteiger partial charge in [-0.3, -0.25) is 0 Å². The van der Waals surface area contributed by atoms with Crippen LogP contribution in [0.4, 0.5) is 0 Å². The van der Waals surface area contributed by atoms with E-state index in [1.807, 2.05) is 0 Å². The summed E-state index contributed by atoms with van der Waals surface area (Å²) in [7, 11) is 0. The topological polar surface area (TPSA) is 66.0 Å². The molecule has 1 fully saturated rings. The van der Waals surface area contributed by atoms with Gasteiger partial charge >= 0.3 is 5.97 Å². The highest BCUT2D eigenvalue weighted by Gasteiger charge is 2.26. The number of hydrogen-bond donors (Lipinski definition) is 2. The van der Waals surface area contributed by atoms with Gasteiger partial charge in [0, 0.05) is 5.92 Å². The summed E-state index contributed by atoms with van der Waals surface area (Å²) in [5, 5.41) is 8.77. The number of carbonyl (C=O) groups is 1. The molecule has 1 heterocycles. The Bertz CT molecular complexity index is 359. The van der Waals surface area contributed by atoms with Gasteiger partial charge in [0.1, 0.15) is 11.5 Å². The van der Waals surface area contributed by atoms with Crippen molar-refractivity contribution in [1.29, 1.82) is 0 Å².